The predicted octanol–water partition coefficient (Wildman–Crippen LogP) is 4.17. The van der Waals surface area contributed by atoms with Crippen molar-refractivity contribution in [3.8, 4) is 0 Å². The highest BCUT2D eigenvalue weighted by Crippen LogP contribution is 2.37. The summed E-state index contributed by atoms with van der Waals surface area (Å²) in [7, 11) is 0. The van der Waals surface area contributed by atoms with Crippen LogP contribution >= 0.6 is 0 Å². The van der Waals surface area contributed by atoms with Crippen LogP contribution in [0.25, 0.3) is 0 Å². The first-order chi connectivity index (χ1) is 9.86. The molecule has 112 valence electrons. The largest absolute Gasteiger partial charge is 0.370 e. The molecule has 1 aromatic carbocycles. The predicted molar refractivity (Wildman–Crippen MR) is 88.7 cm³/mol. The maximum atomic E-state index is 3.44. The monoisotopic (exact) mass is 274 g/mol. The number of hydrogen-bond donors (Lipinski definition) is 1. The summed E-state index contributed by atoms with van der Waals surface area (Å²) in [4.78, 5) is 2.53. The minimum absolute atomic E-state index is 0.785. The summed E-state index contributed by atoms with van der Waals surface area (Å²) < 4.78 is 0. The van der Waals surface area contributed by atoms with Gasteiger partial charge in [-0.05, 0) is 43.9 Å². The number of para-hydroxylation sites is 1. The maximum absolute atomic E-state index is 3.44. The molecule has 1 aromatic rings. The molecule has 1 fully saturated rings. The van der Waals surface area contributed by atoms with Gasteiger partial charge < -0.3 is 10.2 Å². The van der Waals surface area contributed by atoms with Crippen LogP contribution < -0.4 is 10.2 Å². The molecule has 1 saturated carbocycles. The van der Waals surface area contributed by atoms with Crippen LogP contribution in [-0.4, -0.2) is 26.2 Å². The molecule has 1 N–H and O–H groups in total. The van der Waals surface area contributed by atoms with Gasteiger partial charge in [-0.2, -0.15) is 0 Å². The highest BCUT2D eigenvalue weighted by Gasteiger charge is 2.20. The van der Waals surface area contributed by atoms with Crippen LogP contribution in [0.2, 0.25) is 0 Å². The molecule has 0 amide bonds. The highest BCUT2D eigenvalue weighted by atomic mass is 15.1. The Bertz CT molecular complexity index is 383. The van der Waals surface area contributed by atoms with Gasteiger partial charge in [0.2, 0.25) is 0 Å². The minimum atomic E-state index is 0.785. The van der Waals surface area contributed by atoms with E-state index in [4.69, 9.17) is 0 Å². The van der Waals surface area contributed by atoms with Crippen LogP contribution in [0.4, 0.5) is 5.69 Å². The fraction of sp³-hybridized carbons (Fsp3) is 0.667. The van der Waals surface area contributed by atoms with Crippen LogP contribution in [-0.2, 0) is 0 Å². The van der Waals surface area contributed by atoms with E-state index in [2.05, 4.69) is 48.3 Å². The van der Waals surface area contributed by atoms with Gasteiger partial charge in [-0.1, -0.05) is 44.4 Å². The number of hydrogen-bond acceptors (Lipinski definition) is 2. The van der Waals surface area contributed by atoms with E-state index < -0.39 is 0 Å². The Hall–Kier alpha value is -1.02. The number of nitrogens with zero attached hydrogens (tertiary/aromatic N) is 1. The quantitative estimate of drug-likeness (QED) is 0.751. The van der Waals surface area contributed by atoms with Crippen molar-refractivity contribution in [1.29, 1.82) is 0 Å². The van der Waals surface area contributed by atoms with Crippen LogP contribution in [0.5, 0.6) is 0 Å². The Balaban J connectivity index is 2.12. The summed E-state index contributed by atoms with van der Waals surface area (Å²) >= 11 is 0. The first kappa shape index (κ1) is 15.4. The lowest BCUT2D eigenvalue weighted by molar-refractivity contribution is 0.443. The second-order valence-electron chi connectivity index (χ2n) is 5.83. The molecule has 1 aliphatic rings. The lowest BCUT2D eigenvalue weighted by atomic mass is 9.83. The summed E-state index contributed by atoms with van der Waals surface area (Å²) in [5.41, 5.74) is 3.06. The SMILES string of the molecule is CCNCCN(CC)c1ccccc1C1CCCCC1. The van der Waals surface area contributed by atoms with Crippen LogP contribution in [0.3, 0.4) is 0 Å². The molecule has 2 heteroatoms. The van der Waals surface area contributed by atoms with Gasteiger partial charge in [-0.15, -0.1) is 0 Å². The summed E-state index contributed by atoms with van der Waals surface area (Å²) in [6.45, 7) is 8.77. The van der Waals surface area contributed by atoms with Crippen LogP contribution in [0.15, 0.2) is 24.3 Å². The van der Waals surface area contributed by atoms with E-state index in [9.17, 15) is 0 Å². The van der Waals surface area contributed by atoms with E-state index in [1.54, 1.807) is 5.56 Å². The molecule has 2 nitrogen and oxygen atoms in total. The summed E-state index contributed by atoms with van der Waals surface area (Å²) in [5.74, 6) is 0.785. The molecule has 0 aromatic heterocycles. The molecule has 0 saturated heterocycles. The Morgan fingerprint density at radius 3 is 2.55 bits per heavy atom. The Morgan fingerprint density at radius 2 is 1.85 bits per heavy atom. The van der Waals surface area contributed by atoms with E-state index in [0.717, 1.165) is 32.1 Å². The second kappa shape index (κ2) is 8.31. The van der Waals surface area contributed by atoms with Gasteiger partial charge in [0.05, 0.1) is 0 Å². The molecule has 20 heavy (non-hydrogen) atoms. The lowest BCUT2D eigenvalue weighted by Gasteiger charge is -2.30. The van der Waals surface area contributed by atoms with E-state index >= 15 is 0 Å². The van der Waals surface area contributed by atoms with Gasteiger partial charge in [0, 0.05) is 25.3 Å². The average Bonchev–Trinajstić information content (AvgIpc) is 2.53. The van der Waals surface area contributed by atoms with Crippen molar-refractivity contribution in [2.45, 2.75) is 51.9 Å². The molecule has 0 atom stereocenters. The number of anilines is 1. The summed E-state index contributed by atoms with van der Waals surface area (Å²) in [6.07, 6.45) is 6.99. The summed E-state index contributed by atoms with van der Waals surface area (Å²) in [6, 6.07) is 9.09. The number of likely N-dealkylation sites (N-methyl/N-ethyl adjacent to an activating group) is 2. The Morgan fingerprint density at radius 1 is 1.10 bits per heavy atom. The zero-order valence-electron chi connectivity index (χ0n) is 13.2. The molecule has 0 aliphatic heterocycles. The van der Waals surface area contributed by atoms with E-state index in [1.165, 1.54) is 37.8 Å². The van der Waals surface area contributed by atoms with Gasteiger partial charge in [-0.3, -0.25) is 0 Å². The molecule has 0 spiro atoms. The smallest absolute Gasteiger partial charge is 0.0401 e. The summed E-state index contributed by atoms with van der Waals surface area (Å²) in [5, 5.41) is 3.44. The fourth-order valence-corrected chi connectivity index (χ4v) is 3.37. The van der Waals surface area contributed by atoms with E-state index in [0.29, 0.717) is 0 Å². The number of nitrogens with one attached hydrogen (secondary N) is 1. The van der Waals surface area contributed by atoms with Crippen molar-refractivity contribution in [2.24, 2.45) is 0 Å². The van der Waals surface area contributed by atoms with Gasteiger partial charge >= 0.3 is 0 Å². The molecular weight excluding hydrogens is 244 g/mol. The molecule has 1 aliphatic carbocycles. The average molecular weight is 274 g/mol. The Kier molecular flexibility index (Phi) is 6.38. The topological polar surface area (TPSA) is 15.3 Å². The van der Waals surface area contributed by atoms with E-state index in [1.807, 2.05) is 0 Å². The molecule has 2 rings (SSSR count). The zero-order chi connectivity index (χ0) is 14.2. The first-order valence-electron chi connectivity index (χ1n) is 8.41. The van der Waals surface area contributed by atoms with Crippen LogP contribution in [0, 0.1) is 0 Å². The normalized spacial score (nSPS) is 16.3. The molecule has 0 heterocycles. The minimum Gasteiger partial charge on any atom is -0.370 e. The van der Waals surface area contributed by atoms with Crippen molar-refractivity contribution in [2.75, 3.05) is 31.1 Å². The molecule has 0 unspecified atom stereocenters. The maximum Gasteiger partial charge on any atom is 0.0401 e. The van der Waals surface area contributed by atoms with E-state index in [-0.39, 0.29) is 0 Å². The van der Waals surface area contributed by atoms with Crippen molar-refractivity contribution in [3.05, 3.63) is 29.8 Å². The third kappa shape index (κ3) is 3.99. The van der Waals surface area contributed by atoms with Crippen molar-refractivity contribution >= 4 is 5.69 Å². The van der Waals surface area contributed by atoms with Gasteiger partial charge in [0.15, 0.2) is 0 Å². The number of rotatable bonds is 7. The van der Waals surface area contributed by atoms with Gasteiger partial charge in [-0.25, -0.2) is 0 Å². The second-order valence-corrected chi connectivity index (χ2v) is 5.83. The third-order valence-electron chi connectivity index (χ3n) is 4.51. The molecule has 0 radical (unpaired) electrons. The third-order valence-corrected chi connectivity index (χ3v) is 4.51. The molecular formula is C18H30N2. The highest BCUT2D eigenvalue weighted by molar-refractivity contribution is 5.55. The molecule has 0 bridgehead atoms. The lowest BCUT2D eigenvalue weighted by Crippen LogP contribution is -2.32. The number of benzene rings is 1. The standard InChI is InChI=1S/C18H30N2/c1-3-19-14-15-20(4-2)18-13-9-8-12-17(18)16-10-6-5-7-11-16/h8-9,12-13,16,19H,3-7,10-11,14-15H2,1-2H3. The van der Waals surface area contributed by atoms with Gasteiger partial charge in [0.25, 0.3) is 0 Å². The van der Waals surface area contributed by atoms with Crippen molar-refractivity contribution < 1.29 is 0 Å². The zero-order valence-corrected chi connectivity index (χ0v) is 13.2. The Labute approximate surface area is 124 Å². The fourth-order valence-electron chi connectivity index (χ4n) is 3.37. The van der Waals surface area contributed by atoms with Crippen molar-refractivity contribution in [1.82, 2.24) is 5.32 Å². The van der Waals surface area contributed by atoms with Gasteiger partial charge in [0.1, 0.15) is 0 Å². The van der Waals surface area contributed by atoms with Crippen molar-refractivity contribution in [3.63, 3.8) is 0 Å². The van der Waals surface area contributed by atoms with Crippen LogP contribution in [0.1, 0.15) is 57.4 Å². The first-order valence-corrected chi connectivity index (χ1v) is 8.41.